The summed E-state index contributed by atoms with van der Waals surface area (Å²) in [5, 5.41) is 5.19. The van der Waals surface area contributed by atoms with E-state index in [2.05, 4.69) is 120 Å². The SMILES string of the molecule is C=CCCCc1ccc2c(c1)c1ccccc1n2-c1ccc(Sc2ccc3ccccc3c2)cc1. The Hall–Kier alpha value is -3.75. The second-order valence-electron chi connectivity index (χ2n) is 8.99. The fourth-order valence-corrected chi connectivity index (χ4v) is 5.80. The van der Waals surface area contributed by atoms with Crippen molar-refractivity contribution in [2.45, 2.75) is 29.1 Å². The molecule has 0 aliphatic carbocycles. The van der Waals surface area contributed by atoms with Gasteiger partial charge in [-0.25, -0.2) is 0 Å². The van der Waals surface area contributed by atoms with Gasteiger partial charge in [-0.1, -0.05) is 72.4 Å². The van der Waals surface area contributed by atoms with Gasteiger partial charge in [0.2, 0.25) is 0 Å². The fourth-order valence-electron chi connectivity index (χ4n) is 4.93. The first-order valence-electron chi connectivity index (χ1n) is 12.2. The molecule has 6 aromatic rings. The molecule has 35 heavy (non-hydrogen) atoms. The van der Waals surface area contributed by atoms with E-state index in [0.717, 1.165) is 19.3 Å². The van der Waals surface area contributed by atoms with Gasteiger partial charge >= 0.3 is 0 Å². The Morgan fingerprint density at radius 2 is 1.40 bits per heavy atom. The van der Waals surface area contributed by atoms with Crippen LogP contribution in [0.2, 0.25) is 0 Å². The van der Waals surface area contributed by atoms with E-state index in [4.69, 9.17) is 0 Å². The summed E-state index contributed by atoms with van der Waals surface area (Å²) in [5.74, 6) is 0. The number of fused-ring (bicyclic) bond motifs is 4. The third kappa shape index (κ3) is 4.26. The molecule has 0 aliphatic rings. The van der Waals surface area contributed by atoms with Crippen LogP contribution in [0.5, 0.6) is 0 Å². The molecule has 6 rings (SSSR count). The van der Waals surface area contributed by atoms with Gasteiger partial charge in [-0.2, -0.15) is 0 Å². The maximum atomic E-state index is 3.86. The summed E-state index contributed by atoms with van der Waals surface area (Å²) in [5.41, 5.74) is 5.09. The standard InChI is InChI=1S/C33H27NS/c1-2-3-4-9-24-14-21-33-31(22-24)30-12-7-8-13-32(30)34(33)27-16-19-28(20-17-27)35-29-18-15-25-10-5-6-11-26(25)23-29/h2,5-8,10-23H,1,3-4,9H2. The first-order valence-corrected chi connectivity index (χ1v) is 13.0. The highest BCUT2D eigenvalue weighted by Crippen LogP contribution is 2.35. The second-order valence-corrected chi connectivity index (χ2v) is 10.1. The molecule has 0 saturated heterocycles. The van der Waals surface area contributed by atoms with Crippen LogP contribution in [0.3, 0.4) is 0 Å². The first-order chi connectivity index (χ1) is 17.3. The molecule has 1 aromatic heterocycles. The summed E-state index contributed by atoms with van der Waals surface area (Å²) in [4.78, 5) is 2.51. The lowest BCUT2D eigenvalue weighted by atomic mass is 10.0. The first kappa shape index (κ1) is 21.8. The number of allylic oxidation sites excluding steroid dienone is 1. The zero-order chi connectivity index (χ0) is 23.6. The van der Waals surface area contributed by atoms with E-state index >= 15 is 0 Å². The monoisotopic (exact) mass is 469 g/mol. The number of nitrogens with zero attached hydrogens (tertiary/aromatic N) is 1. The van der Waals surface area contributed by atoms with Crippen LogP contribution < -0.4 is 0 Å². The lowest BCUT2D eigenvalue weighted by Gasteiger charge is -2.10. The third-order valence-electron chi connectivity index (χ3n) is 6.66. The summed E-state index contributed by atoms with van der Waals surface area (Å²) in [6.45, 7) is 3.86. The van der Waals surface area contributed by atoms with Gasteiger partial charge in [0.15, 0.2) is 0 Å². The highest BCUT2D eigenvalue weighted by atomic mass is 32.2. The number of benzene rings is 5. The highest BCUT2D eigenvalue weighted by molar-refractivity contribution is 7.99. The van der Waals surface area contributed by atoms with Crippen LogP contribution in [0.1, 0.15) is 18.4 Å². The molecule has 1 heterocycles. The molecule has 0 radical (unpaired) electrons. The van der Waals surface area contributed by atoms with Crippen LogP contribution >= 0.6 is 11.8 Å². The van der Waals surface area contributed by atoms with Gasteiger partial charge in [-0.05, 0) is 90.2 Å². The lowest BCUT2D eigenvalue weighted by Crippen LogP contribution is -1.94. The smallest absolute Gasteiger partial charge is 0.0541 e. The van der Waals surface area contributed by atoms with Crippen LogP contribution in [0.15, 0.2) is 132 Å². The van der Waals surface area contributed by atoms with E-state index in [9.17, 15) is 0 Å². The van der Waals surface area contributed by atoms with Gasteiger partial charge < -0.3 is 4.57 Å². The van der Waals surface area contributed by atoms with Gasteiger partial charge in [0.25, 0.3) is 0 Å². The van der Waals surface area contributed by atoms with Crippen molar-refractivity contribution in [3.05, 3.63) is 127 Å². The van der Waals surface area contributed by atoms with Crippen LogP contribution in [-0.4, -0.2) is 4.57 Å². The molecule has 0 atom stereocenters. The molecule has 0 N–H and O–H groups in total. The van der Waals surface area contributed by atoms with Crippen molar-refractivity contribution in [3.63, 3.8) is 0 Å². The van der Waals surface area contributed by atoms with Crippen LogP contribution in [-0.2, 0) is 6.42 Å². The van der Waals surface area contributed by atoms with E-state index in [1.165, 1.54) is 53.6 Å². The predicted octanol–water partition coefficient (Wildman–Crippen LogP) is 9.60. The van der Waals surface area contributed by atoms with Crippen molar-refractivity contribution < 1.29 is 0 Å². The zero-order valence-corrected chi connectivity index (χ0v) is 20.5. The van der Waals surface area contributed by atoms with E-state index < -0.39 is 0 Å². The van der Waals surface area contributed by atoms with Crippen molar-refractivity contribution in [3.8, 4) is 5.69 Å². The van der Waals surface area contributed by atoms with Gasteiger partial charge in [0.05, 0.1) is 11.0 Å². The normalized spacial score (nSPS) is 11.4. The van der Waals surface area contributed by atoms with Crippen molar-refractivity contribution in [1.82, 2.24) is 4.57 Å². The molecular weight excluding hydrogens is 442 g/mol. The Morgan fingerprint density at radius 3 is 2.26 bits per heavy atom. The summed E-state index contributed by atoms with van der Waals surface area (Å²) in [6.07, 6.45) is 5.29. The van der Waals surface area contributed by atoms with Crippen LogP contribution in [0, 0.1) is 0 Å². The summed E-state index contributed by atoms with van der Waals surface area (Å²) >= 11 is 1.81. The summed E-state index contributed by atoms with van der Waals surface area (Å²) in [7, 11) is 0. The second kappa shape index (κ2) is 9.48. The molecule has 0 aliphatic heterocycles. The van der Waals surface area contributed by atoms with Gasteiger partial charge in [0, 0.05) is 26.3 Å². The number of hydrogen-bond acceptors (Lipinski definition) is 1. The van der Waals surface area contributed by atoms with Crippen molar-refractivity contribution in [2.24, 2.45) is 0 Å². The van der Waals surface area contributed by atoms with E-state index in [0.29, 0.717) is 0 Å². The average Bonchev–Trinajstić information content (AvgIpc) is 3.23. The van der Waals surface area contributed by atoms with E-state index in [-0.39, 0.29) is 0 Å². The molecule has 0 amide bonds. The number of unbranched alkanes of at least 4 members (excludes halogenated alkanes) is 1. The molecule has 0 bridgehead atoms. The Kier molecular flexibility index (Phi) is 5.89. The van der Waals surface area contributed by atoms with Crippen molar-refractivity contribution >= 4 is 44.3 Å². The van der Waals surface area contributed by atoms with E-state index in [1.807, 2.05) is 17.8 Å². The van der Waals surface area contributed by atoms with E-state index in [1.54, 1.807) is 0 Å². The topological polar surface area (TPSA) is 4.93 Å². The largest absolute Gasteiger partial charge is 0.309 e. The predicted molar refractivity (Wildman–Crippen MR) is 152 cm³/mol. The number of aryl methyl sites for hydroxylation is 1. The van der Waals surface area contributed by atoms with Crippen molar-refractivity contribution in [1.29, 1.82) is 0 Å². The number of para-hydroxylation sites is 1. The van der Waals surface area contributed by atoms with Crippen LogP contribution in [0.4, 0.5) is 0 Å². The fraction of sp³-hybridized carbons (Fsp3) is 0.0909. The summed E-state index contributed by atoms with van der Waals surface area (Å²) in [6, 6.07) is 39.9. The van der Waals surface area contributed by atoms with Gasteiger partial charge in [-0.15, -0.1) is 6.58 Å². The number of rotatable bonds is 7. The molecule has 2 heteroatoms. The minimum absolute atomic E-state index is 1.06. The molecule has 5 aromatic carbocycles. The maximum absolute atomic E-state index is 3.86. The zero-order valence-electron chi connectivity index (χ0n) is 19.7. The Balaban J connectivity index is 1.35. The summed E-state index contributed by atoms with van der Waals surface area (Å²) < 4.78 is 2.39. The molecule has 0 saturated carbocycles. The quantitative estimate of drug-likeness (QED) is 0.166. The molecule has 0 spiro atoms. The minimum Gasteiger partial charge on any atom is -0.309 e. The molecule has 1 nitrogen and oxygen atoms in total. The number of hydrogen-bond donors (Lipinski definition) is 0. The van der Waals surface area contributed by atoms with Crippen molar-refractivity contribution in [2.75, 3.05) is 0 Å². The Bertz CT molecular complexity index is 1660. The maximum Gasteiger partial charge on any atom is 0.0541 e. The molecule has 0 unspecified atom stereocenters. The van der Waals surface area contributed by atoms with Gasteiger partial charge in [-0.3, -0.25) is 0 Å². The molecule has 170 valence electrons. The Morgan fingerprint density at radius 1 is 0.657 bits per heavy atom. The van der Waals surface area contributed by atoms with Gasteiger partial charge in [0.1, 0.15) is 0 Å². The third-order valence-corrected chi connectivity index (χ3v) is 7.66. The minimum atomic E-state index is 1.06. The number of aromatic nitrogens is 1. The highest BCUT2D eigenvalue weighted by Gasteiger charge is 2.12. The average molecular weight is 470 g/mol. The Labute approximate surface area is 210 Å². The van der Waals surface area contributed by atoms with Crippen LogP contribution in [0.25, 0.3) is 38.3 Å². The molecular formula is C33H27NS. The lowest BCUT2D eigenvalue weighted by molar-refractivity contribution is 0.845. The molecule has 0 fully saturated rings.